The number of carboxylic acid groups (broad SMARTS) is 1. The van der Waals surface area contributed by atoms with E-state index < -0.39 is 23.9 Å². The molecular weight excluding hydrogens is 286 g/mol. The number of aromatic carboxylic acids is 1. The SMILES string of the molecule is CC(OC(=O)Nc1ccc(C(=O)O)c(O)c1)c1ccccc1. The second kappa shape index (κ2) is 6.62. The van der Waals surface area contributed by atoms with Crippen molar-refractivity contribution in [3.63, 3.8) is 0 Å². The average molecular weight is 301 g/mol. The molecule has 1 atom stereocenters. The van der Waals surface area contributed by atoms with Crippen LogP contribution in [0.1, 0.15) is 28.9 Å². The highest BCUT2D eigenvalue weighted by atomic mass is 16.6. The van der Waals surface area contributed by atoms with Gasteiger partial charge >= 0.3 is 12.1 Å². The number of nitrogens with one attached hydrogen (secondary N) is 1. The van der Waals surface area contributed by atoms with E-state index >= 15 is 0 Å². The molecule has 2 rings (SSSR count). The van der Waals surface area contributed by atoms with Gasteiger partial charge in [0, 0.05) is 11.8 Å². The largest absolute Gasteiger partial charge is 0.507 e. The highest BCUT2D eigenvalue weighted by Crippen LogP contribution is 2.23. The molecular formula is C16H15NO5. The number of hydrogen-bond donors (Lipinski definition) is 3. The van der Waals surface area contributed by atoms with Gasteiger partial charge < -0.3 is 14.9 Å². The van der Waals surface area contributed by atoms with Crippen molar-refractivity contribution in [3.8, 4) is 5.75 Å². The number of carboxylic acids is 1. The minimum atomic E-state index is -1.25. The van der Waals surface area contributed by atoms with Gasteiger partial charge in [-0.15, -0.1) is 0 Å². The Kier molecular flexibility index (Phi) is 4.63. The molecule has 0 radical (unpaired) electrons. The smallest absolute Gasteiger partial charge is 0.412 e. The average Bonchev–Trinajstić information content (AvgIpc) is 2.47. The summed E-state index contributed by atoms with van der Waals surface area (Å²) in [5.41, 5.74) is 0.853. The zero-order valence-corrected chi connectivity index (χ0v) is 11.8. The molecule has 0 aliphatic rings. The van der Waals surface area contributed by atoms with Crippen LogP contribution in [0.2, 0.25) is 0 Å². The Bertz CT molecular complexity index is 684. The van der Waals surface area contributed by atoms with Crippen LogP contribution in [0.15, 0.2) is 48.5 Å². The molecule has 0 heterocycles. The molecule has 6 nitrogen and oxygen atoms in total. The lowest BCUT2D eigenvalue weighted by Crippen LogP contribution is -2.16. The third-order valence-corrected chi connectivity index (χ3v) is 3.03. The van der Waals surface area contributed by atoms with E-state index in [9.17, 15) is 14.7 Å². The van der Waals surface area contributed by atoms with Gasteiger partial charge in [0.05, 0.1) is 0 Å². The van der Waals surface area contributed by atoms with Crippen LogP contribution in [-0.2, 0) is 4.74 Å². The predicted octanol–water partition coefficient (Wildman–Crippen LogP) is 3.40. The maximum atomic E-state index is 11.8. The van der Waals surface area contributed by atoms with Crippen LogP contribution >= 0.6 is 0 Å². The van der Waals surface area contributed by atoms with E-state index in [4.69, 9.17) is 9.84 Å². The van der Waals surface area contributed by atoms with E-state index in [-0.39, 0.29) is 11.3 Å². The molecule has 2 aromatic rings. The van der Waals surface area contributed by atoms with E-state index in [0.29, 0.717) is 0 Å². The molecule has 0 saturated carbocycles. The minimum absolute atomic E-state index is 0.239. The summed E-state index contributed by atoms with van der Waals surface area (Å²) < 4.78 is 5.21. The van der Waals surface area contributed by atoms with E-state index in [1.165, 1.54) is 12.1 Å². The van der Waals surface area contributed by atoms with Crippen molar-refractivity contribution in [1.82, 2.24) is 0 Å². The minimum Gasteiger partial charge on any atom is -0.507 e. The zero-order chi connectivity index (χ0) is 16.1. The number of ether oxygens (including phenoxy) is 1. The number of benzene rings is 2. The Balaban J connectivity index is 2.00. The van der Waals surface area contributed by atoms with Crippen molar-refractivity contribution in [2.24, 2.45) is 0 Å². The summed E-state index contributed by atoms with van der Waals surface area (Å²) in [5, 5.41) is 20.8. The Labute approximate surface area is 127 Å². The van der Waals surface area contributed by atoms with Crippen LogP contribution in [0.25, 0.3) is 0 Å². The first-order valence-corrected chi connectivity index (χ1v) is 6.56. The van der Waals surface area contributed by atoms with E-state index in [2.05, 4.69) is 5.32 Å². The fraction of sp³-hybridized carbons (Fsp3) is 0.125. The highest BCUT2D eigenvalue weighted by molar-refractivity contribution is 5.92. The summed E-state index contributed by atoms with van der Waals surface area (Å²) in [6, 6.07) is 13.0. The third kappa shape index (κ3) is 3.76. The first kappa shape index (κ1) is 15.4. The van der Waals surface area contributed by atoms with Crippen LogP contribution < -0.4 is 5.32 Å². The molecule has 0 bridgehead atoms. The number of rotatable bonds is 4. The highest BCUT2D eigenvalue weighted by Gasteiger charge is 2.14. The lowest BCUT2D eigenvalue weighted by molar-refractivity contribution is 0.0693. The summed E-state index contributed by atoms with van der Waals surface area (Å²) in [6.45, 7) is 1.74. The normalized spacial score (nSPS) is 11.5. The molecule has 6 heteroatoms. The van der Waals surface area contributed by atoms with Gasteiger partial charge in [-0.05, 0) is 24.6 Å². The topological polar surface area (TPSA) is 95.9 Å². The Hall–Kier alpha value is -3.02. The number of anilines is 1. The fourth-order valence-electron chi connectivity index (χ4n) is 1.89. The van der Waals surface area contributed by atoms with Gasteiger partial charge in [0.15, 0.2) is 0 Å². The van der Waals surface area contributed by atoms with Gasteiger partial charge in [0.1, 0.15) is 17.4 Å². The van der Waals surface area contributed by atoms with Crippen molar-refractivity contribution >= 4 is 17.7 Å². The van der Waals surface area contributed by atoms with Crippen LogP contribution in [0, 0.1) is 0 Å². The van der Waals surface area contributed by atoms with Crippen molar-refractivity contribution in [2.75, 3.05) is 5.32 Å². The molecule has 0 aliphatic heterocycles. The van der Waals surface area contributed by atoms with E-state index in [1.54, 1.807) is 6.92 Å². The molecule has 3 N–H and O–H groups in total. The quantitative estimate of drug-likeness (QED) is 0.804. The van der Waals surface area contributed by atoms with Gasteiger partial charge in [0.25, 0.3) is 0 Å². The molecule has 114 valence electrons. The molecule has 0 aromatic heterocycles. The van der Waals surface area contributed by atoms with Crippen LogP contribution in [0.3, 0.4) is 0 Å². The van der Waals surface area contributed by atoms with Gasteiger partial charge in [-0.25, -0.2) is 9.59 Å². The van der Waals surface area contributed by atoms with Gasteiger partial charge in [0.2, 0.25) is 0 Å². The number of aromatic hydroxyl groups is 1. The molecule has 22 heavy (non-hydrogen) atoms. The van der Waals surface area contributed by atoms with Gasteiger partial charge in [-0.1, -0.05) is 30.3 Å². The third-order valence-electron chi connectivity index (χ3n) is 3.03. The van der Waals surface area contributed by atoms with Crippen molar-refractivity contribution < 1.29 is 24.5 Å². The van der Waals surface area contributed by atoms with Crippen LogP contribution in [-0.4, -0.2) is 22.3 Å². The number of carbonyl (C=O) groups excluding carboxylic acids is 1. The van der Waals surface area contributed by atoms with Crippen molar-refractivity contribution in [3.05, 3.63) is 59.7 Å². The van der Waals surface area contributed by atoms with E-state index in [0.717, 1.165) is 11.6 Å². The van der Waals surface area contributed by atoms with Crippen molar-refractivity contribution in [1.29, 1.82) is 0 Å². The van der Waals surface area contributed by atoms with Gasteiger partial charge in [-0.2, -0.15) is 0 Å². The lowest BCUT2D eigenvalue weighted by atomic mass is 10.1. The molecule has 0 fully saturated rings. The Morgan fingerprint density at radius 2 is 1.82 bits per heavy atom. The van der Waals surface area contributed by atoms with Crippen LogP contribution in [0.4, 0.5) is 10.5 Å². The van der Waals surface area contributed by atoms with E-state index in [1.807, 2.05) is 30.3 Å². The fourth-order valence-corrected chi connectivity index (χ4v) is 1.89. The predicted molar refractivity (Wildman–Crippen MR) is 80.0 cm³/mol. The summed E-state index contributed by atoms with van der Waals surface area (Å²) in [5.74, 6) is -1.68. The number of carbonyl (C=O) groups is 2. The second-order valence-corrected chi connectivity index (χ2v) is 4.62. The standard InChI is InChI=1S/C16H15NO5/c1-10(11-5-3-2-4-6-11)22-16(21)17-12-7-8-13(15(19)20)14(18)9-12/h2-10,18H,1H3,(H,17,21)(H,19,20). The molecule has 0 spiro atoms. The molecule has 0 aliphatic carbocycles. The van der Waals surface area contributed by atoms with Gasteiger partial charge in [-0.3, -0.25) is 5.32 Å². The summed E-state index contributed by atoms with van der Waals surface area (Å²) >= 11 is 0. The number of phenols is 1. The van der Waals surface area contributed by atoms with Crippen molar-refractivity contribution in [2.45, 2.75) is 13.0 Å². The molecule has 0 saturated heterocycles. The molecule has 2 aromatic carbocycles. The Morgan fingerprint density at radius 1 is 1.14 bits per heavy atom. The monoisotopic (exact) mass is 301 g/mol. The summed E-state index contributed by atoms with van der Waals surface area (Å²) in [6.07, 6.45) is -1.13. The molecule has 1 amide bonds. The van der Waals surface area contributed by atoms with Crippen LogP contribution in [0.5, 0.6) is 5.75 Å². The molecule has 1 unspecified atom stereocenters. The first-order valence-electron chi connectivity index (χ1n) is 6.56. The lowest BCUT2D eigenvalue weighted by Gasteiger charge is -2.14. The maximum absolute atomic E-state index is 11.8. The zero-order valence-electron chi connectivity index (χ0n) is 11.8. The second-order valence-electron chi connectivity index (χ2n) is 4.62. The first-order chi connectivity index (χ1) is 10.5. The number of amides is 1. The Morgan fingerprint density at radius 3 is 2.41 bits per heavy atom. The summed E-state index contributed by atoms with van der Waals surface area (Å²) in [7, 11) is 0. The maximum Gasteiger partial charge on any atom is 0.412 e. The number of hydrogen-bond acceptors (Lipinski definition) is 4. The summed E-state index contributed by atoms with van der Waals surface area (Å²) in [4.78, 5) is 22.6.